The molecule has 3 aliphatic rings. The average Bonchev–Trinajstić information content (AvgIpc) is 1.01. The molecule has 0 aromatic heterocycles. The molecule has 0 bridgehead atoms. The topological polar surface area (TPSA) is 301 Å². The van der Waals surface area contributed by atoms with Gasteiger partial charge in [-0.3, -0.25) is 19.2 Å². The van der Waals surface area contributed by atoms with E-state index in [4.69, 9.17) is 66.3 Å². The fourth-order valence-corrected chi connectivity index (χ4v) is 10.9. The Balaban J connectivity index is 1.29. The van der Waals surface area contributed by atoms with Crippen LogP contribution in [0.25, 0.3) is 10.4 Å². The number of carbonyl (C=O) groups is 6. The Bertz CT molecular complexity index is 3080. The van der Waals surface area contributed by atoms with Gasteiger partial charge >= 0.3 is 35.8 Å². The van der Waals surface area contributed by atoms with E-state index >= 15 is 0 Å². The third-order valence-corrected chi connectivity index (χ3v) is 15.0. The van der Waals surface area contributed by atoms with E-state index in [1.54, 1.807) is 97.1 Å². The summed E-state index contributed by atoms with van der Waals surface area (Å²) in [6, 6.07) is 41.6. The van der Waals surface area contributed by atoms with Gasteiger partial charge in [0.2, 0.25) is 0 Å². The lowest BCUT2D eigenvalue weighted by Crippen LogP contribution is -2.68. The van der Waals surface area contributed by atoms with Gasteiger partial charge < -0.3 is 71.4 Å². The van der Waals surface area contributed by atoms with E-state index in [2.05, 4.69) is 10.0 Å². The van der Waals surface area contributed by atoms with Crippen LogP contribution in [0.4, 0.5) is 0 Å². The van der Waals surface area contributed by atoms with E-state index in [0.29, 0.717) is 11.1 Å². The Morgan fingerprint density at radius 2 is 1.03 bits per heavy atom. The molecule has 0 spiro atoms. The highest BCUT2D eigenvalue weighted by molar-refractivity contribution is 7.99. The van der Waals surface area contributed by atoms with E-state index in [1.165, 1.54) is 50.1 Å². The third kappa shape index (κ3) is 18.2. The number of esters is 6. The second kappa shape index (κ2) is 32.3. The predicted molar refractivity (Wildman–Crippen MR) is 305 cm³/mol. The summed E-state index contributed by atoms with van der Waals surface area (Å²) in [4.78, 5) is 83.9. The van der Waals surface area contributed by atoms with E-state index in [1.807, 2.05) is 30.3 Å². The zero-order valence-electron chi connectivity index (χ0n) is 48.1. The van der Waals surface area contributed by atoms with Crippen molar-refractivity contribution in [3.63, 3.8) is 0 Å². The molecule has 8 rings (SSSR count). The molecule has 5 aromatic rings. The van der Waals surface area contributed by atoms with Crippen LogP contribution < -0.4 is 0 Å². The van der Waals surface area contributed by atoms with Crippen LogP contribution in [0, 0.1) is 0 Å². The SMILES string of the molecule is CO[C@@H]1O[C@H](COC(C)=O)[C@@H](O[C@@H]2O[C@H](COC(=O)c3ccccc3)[C@H](O)[C@H](O[C@H]3O[C@H](COC(C)=O)[C@H](OC(C)=O)[C@H](OC(C)=O)[C@H]3O[C@H](CSc3ccccc3)c3ccccc3)[C@H]2OC(=O)c2ccccc2)[C@H](OCc2ccccc2)[C@H]1N=[N+]=[N-]. The first-order valence-electron chi connectivity index (χ1n) is 27.8. The van der Waals surface area contributed by atoms with Crippen molar-refractivity contribution in [1.82, 2.24) is 0 Å². The number of hydrogen-bond acceptors (Lipinski definition) is 23. The molecule has 24 nitrogen and oxygen atoms in total. The monoisotopic (exact) mass is 1220 g/mol. The molecule has 87 heavy (non-hydrogen) atoms. The van der Waals surface area contributed by atoms with Gasteiger partial charge in [-0.2, -0.15) is 0 Å². The van der Waals surface area contributed by atoms with E-state index in [-0.39, 0.29) is 23.5 Å². The van der Waals surface area contributed by atoms with Crippen LogP contribution >= 0.6 is 11.8 Å². The molecule has 0 amide bonds. The first kappa shape index (κ1) is 65.2. The first-order chi connectivity index (χ1) is 42.1. The minimum Gasteiger partial charge on any atom is -0.463 e. The minimum absolute atomic E-state index is 0.00454. The summed E-state index contributed by atoms with van der Waals surface area (Å²) in [5.74, 6) is -4.86. The standard InChI is InChI=1S/C62H67N3O21S/c1-36(66)74-33-46-51(53(49(64-65-63)60(73-5)82-46)76-31-40-21-11-6-12-22-40)85-61-56(84-59(72)43-27-17-9-18-28-43)54(50(70)45(81-61)32-77-58(71)42-25-15-8-16-26-42)86-62-57(55(79-39(4)69)52(78-38(3)68)47(83-62)34-75-37(2)67)80-48(41-23-13-7-14-24-41)35-87-44-29-19-10-20-30-44/h6-30,45-57,60-62,70H,31-35H2,1-5H3/t45-,46-,47-,48-,49-,50+,51-,52+,53-,54+,55+,56-,57-,60-,61+,62-/m1/s1. The molecule has 0 radical (unpaired) electrons. The number of nitrogens with zero attached hydrogens (tertiary/aromatic N) is 3. The number of azide groups is 1. The zero-order valence-corrected chi connectivity index (χ0v) is 48.9. The molecule has 5 aromatic carbocycles. The summed E-state index contributed by atoms with van der Waals surface area (Å²) in [5, 5.41) is 17.0. The molecule has 462 valence electrons. The van der Waals surface area contributed by atoms with Gasteiger partial charge in [0, 0.05) is 50.4 Å². The molecular weight excluding hydrogens is 1150 g/mol. The van der Waals surface area contributed by atoms with Crippen LogP contribution in [0.15, 0.2) is 162 Å². The largest absolute Gasteiger partial charge is 0.463 e. The highest BCUT2D eigenvalue weighted by Crippen LogP contribution is 2.40. The molecule has 3 saturated heterocycles. The quantitative estimate of drug-likeness (QED) is 0.0143. The third-order valence-electron chi connectivity index (χ3n) is 13.9. The number of methoxy groups -OCH3 is 1. The fourth-order valence-electron chi connectivity index (χ4n) is 9.92. The van der Waals surface area contributed by atoms with Crippen molar-refractivity contribution in [2.75, 3.05) is 32.7 Å². The molecular formula is C62H67N3O21S. The number of benzene rings is 5. The highest BCUT2D eigenvalue weighted by Gasteiger charge is 2.58. The maximum atomic E-state index is 14.7. The van der Waals surface area contributed by atoms with Gasteiger partial charge in [-0.1, -0.05) is 120 Å². The van der Waals surface area contributed by atoms with Crippen LogP contribution in [0.2, 0.25) is 0 Å². The van der Waals surface area contributed by atoms with Crippen LogP contribution in [-0.4, -0.2) is 166 Å². The highest BCUT2D eigenvalue weighted by atomic mass is 32.2. The minimum atomic E-state index is -2.01. The summed E-state index contributed by atoms with van der Waals surface area (Å²) in [5.41, 5.74) is 11.4. The zero-order chi connectivity index (χ0) is 61.8. The van der Waals surface area contributed by atoms with E-state index in [9.17, 15) is 39.4 Å². The molecule has 3 aliphatic heterocycles. The van der Waals surface area contributed by atoms with Gasteiger partial charge in [-0.05, 0) is 53.1 Å². The Kier molecular flexibility index (Phi) is 24.2. The summed E-state index contributed by atoms with van der Waals surface area (Å²) in [7, 11) is 1.29. The average molecular weight is 1220 g/mol. The second-order valence-corrected chi connectivity index (χ2v) is 21.2. The van der Waals surface area contributed by atoms with E-state index < -0.39 is 154 Å². The Labute approximate surface area is 505 Å². The van der Waals surface area contributed by atoms with Crippen LogP contribution in [0.1, 0.15) is 65.6 Å². The lowest BCUT2D eigenvalue weighted by Gasteiger charge is -2.50. The number of ether oxygens (including phenoxy) is 14. The van der Waals surface area contributed by atoms with Crippen molar-refractivity contribution in [3.8, 4) is 0 Å². The van der Waals surface area contributed by atoms with Gasteiger partial charge in [0.05, 0.1) is 23.8 Å². The number of rotatable bonds is 26. The maximum absolute atomic E-state index is 14.7. The van der Waals surface area contributed by atoms with Crippen molar-refractivity contribution in [2.24, 2.45) is 5.11 Å². The number of aliphatic hydroxyl groups excluding tert-OH is 1. The molecule has 0 saturated carbocycles. The number of aliphatic hydroxyl groups is 1. The van der Waals surface area contributed by atoms with Crippen molar-refractivity contribution in [1.29, 1.82) is 0 Å². The molecule has 25 heteroatoms. The molecule has 0 unspecified atom stereocenters. The lowest BCUT2D eigenvalue weighted by molar-refractivity contribution is -0.379. The molecule has 16 atom stereocenters. The maximum Gasteiger partial charge on any atom is 0.338 e. The van der Waals surface area contributed by atoms with Crippen molar-refractivity contribution in [2.45, 2.75) is 137 Å². The normalized spacial score (nSPS) is 27.2. The molecule has 1 N–H and O–H groups in total. The number of thioether (sulfide) groups is 1. The van der Waals surface area contributed by atoms with Crippen molar-refractivity contribution >= 4 is 47.6 Å². The molecule has 3 fully saturated rings. The van der Waals surface area contributed by atoms with Crippen molar-refractivity contribution in [3.05, 3.63) is 184 Å². The Morgan fingerprint density at radius 1 is 0.540 bits per heavy atom. The predicted octanol–water partition coefficient (Wildman–Crippen LogP) is 7.19. The van der Waals surface area contributed by atoms with Gasteiger partial charge in [0.15, 0.2) is 37.2 Å². The molecule has 3 heterocycles. The van der Waals surface area contributed by atoms with Crippen LogP contribution in [0.5, 0.6) is 0 Å². The lowest BCUT2D eigenvalue weighted by atomic mass is 9.94. The molecule has 0 aliphatic carbocycles. The Morgan fingerprint density at radius 3 is 1.61 bits per heavy atom. The van der Waals surface area contributed by atoms with Gasteiger partial charge in [0.25, 0.3) is 0 Å². The number of hydrogen-bond donors (Lipinski definition) is 1. The van der Waals surface area contributed by atoms with Gasteiger partial charge in [0.1, 0.15) is 74.7 Å². The smallest absolute Gasteiger partial charge is 0.338 e. The van der Waals surface area contributed by atoms with Crippen LogP contribution in [0.3, 0.4) is 0 Å². The summed E-state index contributed by atoms with van der Waals surface area (Å²) >= 11 is 1.42. The number of carbonyl (C=O) groups excluding carboxylic acids is 6. The fraction of sp³-hybridized carbons (Fsp3) is 0.419. The van der Waals surface area contributed by atoms with Gasteiger partial charge in [-0.25, -0.2) is 9.59 Å². The first-order valence-corrected chi connectivity index (χ1v) is 28.7. The van der Waals surface area contributed by atoms with Crippen LogP contribution in [-0.2, 0) is 92.1 Å². The Hall–Kier alpha value is -7.78. The second-order valence-electron chi connectivity index (χ2n) is 20.1. The summed E-state index contributed by atoms with van der Waals surface area (Å²) < 4.78 is 88.0. The summed E-state index contributed by atoms with van der Waals surface area (Å²) in [6.45, 7) is 2.51. The summed E-state index contributed by atoms with van der Waals surface area (Å²) in [6.07, 6.45) is -24.3. The van der Waals surface area contributed by atoms with Gasteiger partial charge in [-0.15, -0.1) is 11.8 Å². The van der Waals surface area contributed by atoms with E-state index in [0.717, 1.165) is 25.7 Å². The van der Waals surface area contributed by atoms with Crippen molar-refractivity contribution < 1.29 is 100 Å².